The van der Waals surface area contributed by atoms with E-state index in [1.54, 1.807) is 0 Å². The molecule has 1 aromatic carbocycles. The normalized spacial score (nSPS) is 20.2. The molecule has 6 nitrogen and oxygen atoms in total. The van der Waals surface area contributed by atoms with E-state index in [2.05, 4.69) is 19.2 Å². The van der Waals surface area contributed by atoms with E-state index < -0.39 is 33.6 Å². The first-order valence-electron chi connectivity index (χ1n) is 6.74. The van der Waals surface area contributed by atoms with Crippen LogP contribution in [0.2, 0.25) is 0 Å². The van der Waals surface area contributed by atoms with Gasteiger partial charge in [-0.15, -0.1) is 0 Å². The fourth-order valence-corrected chi connectivity index (χ4v) is 2.79. The zero-order valence-electron chi connectivity index (χ0n) is 12.0. The molecule has 1 aliphatic rings. The molecule has 1 aliphatic carbocycles. The van der Waals surface area contributed by atoms with Gasteiger partial charge in [-0.1, -0.05) is 13.8 Å². The Morgan fingerprint density at radius 1 is 1.52 bits per heavy atom. The molecule has 0 heterocycles. The Morgan fingerprint density at radius 3 is 2.71 bits per heavy atom. The summed E-state index contributed by atoms with van der Waals surface area (Å²) in [4.78, 5) is 22.3. The van der Waals surface area contributed by atoms with Crippen molar-refractivity contribution in [3.8, 4) is 0 Å². The number of nitrogens with zero attached hydrogens (tertiary/aromatic N) is 1. The summed E-state index contributed by atoms with van der Waals surface area (Å²) < 4.78 is 13.8. The number of amides is 1. The van der Waals surface area contributed by atoms with Crippen LogP contribution in [0.5, 0.6) is 0 Å². The van der Waals surface area contributed by atoms with Crippen LogP contribution in [0.3, 0.4) is 0 Å². The standard InChI is InChI=1S/C14H18FN3O3/c1-14(2)6-5-8(7-14)17-13(19)11-9(15)3-4-10(12(11)16)18(20)21/h3-4,8H,5-7,16H2,1-2H3,(H,17,19). The van der Waals surface area contributed by atoms with Crippen molar-refractivity contribution in [1.29, 1.82) is 0 Å². The van der Waals surface area contributed by atoms with Gasteiger partial charge in [0.05, 0.1) is 4.92 Å². The maximum atomic E-state index is 13.8. The molecular formula is C14H18FN3O3. The van der Waals surface area contributed by atoms with Crippen LogP contribution in [-0.4, -0.2) is 16.9 Å². The van der Waals surface area contributed by atoms with Crippen LogP contribution in [0.25, 0.3) is 0 Å². The average Bonchev–Trinajstić information content (AvgIpc) is 2.68. The predicted molar refractivity (Wildman–Crippen MR) is 76.4 cm³/mol. The monoisotopic (exact) mass is 295 g/mol. The first-order valence-corrected chi connectivity index (χ1v) is 6.74. The predicted octanol–water partition coefficient (Wildman–Crippen LogP) is 2.62. The number of halogens is 1. The lowest BCUT2D eigenvalue weighted by Gasteiger charge is -2.18. The molecule has 7 heteroatoms. The van der Waals surface area contributed by atoms with Gasteiger partial charge >= 0.3 is 0 Å². The summed E-state index contributed by atoms with van der Waals surface area (Å²) in [5.74, 6) is -1.55. The largest absolute Gasteiger partial charge is 0.392 e. The quantitative estimate of drug-likeness (QED) is 0.508. The number of carbonyl (C=O) groups is 1. The van der Waals surface area contributed by atoms with Crippen LogP contribution < -0.4 is 11.1 Å². The van der Waals surface area contributed by atoms with Gasteiger partial charge in [-0.2, -0.15) is 0 Å². The van der Waals surface area contributed by atoms with Crippen LogP contribution in [0.4, 0.5) is 15.8 Å². The fraction of sp³-hybridized carbons (Fsp3) is 0.500. The van der Waals surface area contributed by atoms with Gasteiger partial charge in [0.1, 0.15) is 17.1 Å². The minimum atomic E-state index is -0.854. The van der Waals surface area contributed by atoms with Crippen LogP contribution in [-0.2, 0) is 0 Å². The molecule has 0 spiro atoms. The minimum Gasteiger partial charge on any atom is -0.392 e. The van der Waals surface area contributed by atoms with Gasteiger partial charge in [0.15, 0.2) is 0 Å². The number of rotatable bonds is 3. The van der Waals surface area contributed by atoms with E-state index in [1.165, 1.54) is 0 Å². The summed E-state index contributed by atoms with van der Waals surface area (Å²) in [7, 11) is 0. The summed E-state index contributed by atoms with van der Waals surface area (Å²) in [6.07, 6.45) is 2.55. The SMILES string of the molecule is CC1(C)CCC(NC(=O)c2c(F)ccc([N+](=O)[O-])c2N)C1. The Hall–Kier alpha value is -2.18. The molecule has 1 aromatic rings. The topological polar surface area (TPSA) is 98.3 Å². The Bertz CT molecular complexity index is 601. The third-order valence-electron chi connectivity index (χ3n) is 3.90. The van der Waals surface area contributed by atoms with E-state index in [0.29, 0.717) is 0 Å². The van der Waals surface area contributed by atoms with Gasteiger partial charge in [0.2, 0.25) is 0 Å². The van der Waals surface area contributed by atoms with Crippen LogP contribution in [0, 0.1) is 21.3 Å². The Labute approximate surface area is 121 Å². The lowest BCUT2D eigenvalue weighted by molar-refractivity contribution is -0.384. The maximum absolute atomic E-state index is 13.8. The molecule has 0 radical (unpaired) electrons. The van der Waals surface area contributed by atoms with Gasteiger partial charge in [0.25, 0.3) is 11.6 Å². The molecule has 1 atom stereocenters. The van der Waals surface area contributed by atoms with Crippen molar-refractivity contribution < 1.29 is 14.1 Å². The van der Waals surface area contributed by atoms with Gasteiger partial charge in [-0.05, 0) is 30.7 Å². The third kappa shape index (κ3) is 3.12. The second-order valence-electron chi connectivity index (χ2n) is 6.19. The highest BCUT2D eigenvalue weighted by Gasteiger charge is 2.33. The molecule has 2 rings (SSSR count). The molecule has 1 amide bonds. The van der Waals surface area contributed by atoms with E-state index in [-0.39, 0.29) is 11.5 Å². The Kier molecular flexibility index (Phi) is 3.85. The van der Waals surface area contributed by atoms with Crippen LogP contribution in [0.1, 0.15) is 43.5 Å². The van der Waals surface area contributed by atoms with E-state index in [0.717, 1.165) is 31.4 Å². The summed E-state index contributed by atoms with van der Waals surface area (Å²) >= 11 is 0. The first kappa shape index (κ1) is 15.2. The van der Waals surface area contributed by atoms with Gasteiger partial charge in [-0.3, -0.25) is 14.9 Å². The number of benzene rings is 1. The highest BCUT2D eigenvalue weighted by atomic mass is 19.1. The van der Waals surface area contributed by atoms with Crippen molar-refractivity contribution in [2.24, 2.45) is 5.41 Å². The van der Waals surface area contributed by atoms with E-state index in [9.17, 15) is 19.3 Å². The third-order valence-corrected chi connectivity index (χ3v) is 3.90. The molecule has 21 heavy (non-hydrogen) atoms. The number of nitro benzene ring substituents is 1. The van der Waals surface area contributed by atoms with Gasteiger partial charge in [0, 0.05) is 12.1 Å². The lowest BCUT2D eigenvalue weighted by Crippen LogP contribution is -2.34. The maximum Gasteiger partial charge on any atom is 0.293 e. The van der Waals surface area contributed by atoms with Crippen LogP contribution in [0.15, 0.2) is 12.1 Å². The number of hydrogen-bond acceptors (Lipinski definition) is 4. The number of nitrogen functional groups attached to an aromatic ring is 1. The molecule has 3 N–H and O–H groups in total. The molecule has 0 aromatic heterocycles. The second-order valence-corrected chi connectivity index (χ2v) is 6.19. The van der Waals surface area contributed by atoms with Crippen molar-refractivity contribution in [3.63, 3.8) is 0 Å². The molecule has 0 saturated heterocycles. The molecule has 0 bridgehead atoms. The number of nitrogens with two attached hydrogens (primary N) is 1. The molecule has 1 fully saturated rings. The van der Waals surface area contributed by atoms with Crippen molar-refractivity contribution in [2.75, 3.05) is 5.73 Å². The number of hydrogen-bond donors (Lipinski definition) is 2. The number of nitro groups is 1. The zero-order chi connectivity index (χ0) is 15.8. The van der Waals surface area contributed by atoms with Crippen LogP contribution >= 0.6 is 0 Å². The zero-order valence-corrected chi connectivity index (χ0v) is 12.0. The van der Waals surface area contributed by atoms with Crippen molar-refractivity contribution >= 4 is 17.3 Å². The second kappa shape index (κ2) is 5.31. The smallest absolute Gasteiger partial charge is 0.293 e. The summed E-state index contributed by atoms with van der Waals surface area (Å²) in [6.45, 7) is 4.20. The van der Waals surface area contributed by atoms with Gasteiger partial charge < -0.3 is 11.1 Å². The molecule has 1 saturated carbocycles. The van der Waals surface area contributed by atoms with E-state index in [1.807, 2.05) is 0 Å². The van der Waals surface area contributed by atoms with Crippen molar-refractivity contribution in [3.05, 3.63) is 33.6 Å². The van der Waals surface area contributed by atoms with Crippen molar-refractivity contribution in [2.45, 2.75) is 39.2 Å². The highest BCUT2D eigenvalue weighted by molar-refractivity contribution is 6.01. The molecule has 1 unspecified atom stereocenters. The average molecular weight is 295 g/mol. The Morgan fingerprint density at radius 2 is 2.19 bits per heavy atom. The first-order chi connectivity index (χ1) is 9.71. The fourth-order valence-electron chi connectivity index (χ4n) is 2.79. The summed E-state index contributed by atoms with van der Waals surface area (Å²) in [6, 6.07) is 1.79. The minimum absolute atomic E-state index is 0.0643. The summed E-state index contributed by atoms with van der Waals surface area (Å²) in [5, 5.41) is 13.5. The molecule has 114 valence electrons. The summed E-state index contributed by atoms with van der Waals surface area (Å²) in [5.41, 5.74) is 4.35. The lowest BCUT2D eigenvalue weighted by atomic mass is 9.92. The molecular weight excluding hydrogens is 277 g/mol. The van der Waals surface area contributed by atoms with E-state index >= 15 is 0 Å². The van der Waals surface area contributed by atoms with Gasteiger partial charge in [-0.25, -0.2) is 4.39 Å². The number of carbonyl (C=O) groups excluding carboxylic acids is 1. The number of anilines is 1. The highest BCUT2D eigenvalue weighted by Crippen LogP contribution is 2.37. The molecule has 0 aliphatic heterocycles. The van der Waals surface area contributed by atoms with Crippen molar-refractivity contribution in [1.82, 2.24) is 5.32 Å². The Balaban J connectivity index is 2.24. The van der Waals surface area contributed by atoms with E-state index in [4.69, 9.17) is 5.73 Å². The number of nitrogens with one attached hydrogen (secondary N) is 1.